The summed E-state index contributed by atoms with van der Waals surface area (Å²) in [6, 6.07) is -0.185. The van der Waals surface area contributed by atoms with Gasteiger partial charge < -0.3 is 9.84 Å². The molecule has 7 heteroatoms. The molecule has 18 heavy (non-hydrogen) atoms. The topological polar surface area (TPSA) is 70.1 Å². The van der Waals surface area contributed by atoms with E-state index in [1.807, 2.05) is 6.92 Å². The van der Waals surface area contributed by atoms with Crippen molar-refractivity contribution in [2.75, 3.05) is 40.5 Å². The standard InChI is InChI=1S/C11H24N2O4S/c1-10(9-17-3)12(2)18(15,16)13-6-4-11(8-14)5-7-13/h10-11,14H,4-9H2,1-3H3. The molecule has 1 saturated heterocycles. The van der Waals surface area contributed by atoms with E-state index in [0.29, 0.717) is 19.7 Å². The fourth-order valence-corrected chi connectivity index (χ4v) is 3.63. The second-order valence-electron chi connectivity index (χ2n) is 4.85. The van der Waals surface area contributed by atoms with Crippen LogP contribution in [0, 0.1) is 5.92 Å². The second kappa shape index (κ2) is 6.81. The summed E-state index contributed by atoms with van der Waals surface area (Å²) in [7, 11) is -0.270. The van der Waals surface area contributed by atoms with Crippen LogP contribution in [0.4, 0.5) is 0 Å². The van der Waals surface area contributed by atoms with Gasteiger partial charge in [-0.25, -0.2) is 0 Å². The van der Waals surface area contributed by atoms with E-state index >= 15 is 0 Å². The molecule has 0 spiro atoms. The van der Waals surface area contributed by atoms with Gasteiger partial charge in [0.05, 0.1) is 6.61 Å². The predicted octanol–water partition coefficient (Wildman–Crippen LogP) is -0.0978. The molecule has 1 aliphatic heterocycles. The van der Waals surface area contributed by atoms with Gasteiger partial charge in [0.1, 0.15) is 0 Å². The van der Waals surface area contributed by atoms with Crippen molar-refractivity contribution < 1.29 is 18.3 Å². The maximum Gasteiger partial charge on any atom is 0.282 e. The minimum absolute atomic E-state index is 0.143. The van der Waals surface area contributed by atoms with Crippen LogP contribution in [-0.2, 0) is 14.9 Å². The molecule has 0 saturated carbocycles. The molecule has 0 aromatic carbocycles. The van der Waals surface area contributed by atoms with E-state index in [1.54, 1.807) is 14.2 Å². The maximum atomic E-state index is 12.3. The Morgan fingerprint density at radius 1 is 1.44 bits per heavy atom. The third-order valence-corrected chi connectivity index (χ3v) is 5.66. The van der Waals surface area contributed by atoms with Crippen molar-refractivity contribution in [2.45, 2.75) is 25.8 Å². The van der Waals surface area contributed by atoms with E-state index in [2.05, 4.69) is 0 Å². The Balaban J connectivity index is 2.64. The van der Waals surface area contributed by atoms with Gasteiger partial charge in [-0.2, -0.15) is 17.0 Å². The highest BCUT2D eigenvalue weighted by atomic mass is 32.2. The third-order valence-electron chi connectivity index (χ3n) is 3.55. The molecule has 0 radical (unpaired) electrons. The molecular formula is C11H24N2O4S. The Hall–Kier alpha value is -0.210. The molecule has 0 aliphatic carbocycles. The first-order chi connectivity index (χ1) is 8.43. The normalized spacial score (nSPS) is 21.4. The zero-order chi connectivity index (χ0) is 13.8. The third kappa shape index (κ3) is 3.64. The van der Waals surface area contributed by atoms with Crippen LogP contribution < -0.4 is 0 Å². The summed E-state index contributed by atoms with van der Waals surface area (Å²) in [5.41, 5.74) is 0. The average Bonchev–Trinajstić information content (AvgIpc) is 2.38. The molecule has 1 unspecified atom stereocenters. The molecule has 0 amide bonds. The smallest absolute Gasteiger partial charge is 0.282 e. The maximum absolute atomic E-state index is 12.3. The number of rotatable bonds is 6. The molecule has 1 aliphatic rings. The van der Waals surface area contributed by atoms with Gasteiger partial charge in [-0.15, -0.1) is 0 Å². The Labute approximate surface area is 110 Å². The number of hydrogen-bond acceptors (Lipinski definition) is 4. The van der Waals surface area contributed by atoms with Crippen molar-refractivity contribution in [3.63, 3.8) is 0 Å². The summed E-state index contributed by atoms with van der Waals surface area (Å²) in [6.45, 7) is 3.31. The summed E-state index contributed by atoms with van der Waals surface area (Å²) in [5, 5.41) is 9.05. The summed E-state index contributed by atoms with van der Waals surface area (Å²) >= 11 is 0. The fraction of sp³-hybridized carbons (Fsp3) is 1.00. The molecule has 0 aromatic rings. The Kier molecular flexibility index (Phi) is 6.00. The Bertz CT molecular complexity index is 339. The molecular weight excluding hydrogens is 256 g/mol. The average molecular weight is 280 g/mol. The first-order valence-corrected chi connectivity index (χ1v) is 7.66. The fourth-order valence-electron chi connectivity index (χ4n) is 2.08. The van der Waals surface area contributed by atoms with E-state index in [0.717, 1.165) is 12.8 Å². The lowest BCUT2D eigenvalue weighted by molar-refractivity contribution is 0.139. The molecule has 108 valence electrons. The summed E-state index contributed by atoms with van der Waals surface area (Å²) in [6.07, 6.45) is 1.45. The van der Waals surface area contributed by atoms with Gasteiger partial charge in [0.15, 0.2) is 0 Å². The van der Waals surface area contributed by atoms with E-state index in [4.69, 9.17) is 9.84 Å². The van der Waals surface area contributed by atoms with Crippen LogP contribution in [-0.4, -0.2) is 68.6 Å². The number of nitrogens with zero attached hydrogens (tertiary/aromatic N) is 2. The van der Waals surface area contributed by atoms with Gasteiger partial charge in [0.25, 0.3) is 10.2 Å². The molecule has 1 heterocycles. The van der Waals surface area contributed by atoms with Crippen LogP contribution in [0.2, 0.25) is 0 Å². The molecule has 1 atom stereocenters. The van der Waals surface area contributed by atoms with E-state index in [1.165, 1.54) is 8.61 Å². The van der Waals surface area contributed by atoms with Crippen molar-refractivity contribution in [3.05, 3.63) is 0 Å². The second-order valence-corrected chi connectivity index (χ2v) is 6.84. The quantitative estimate of drug-likeness (QED) is 0.738. The van der Waals surface area contributed by atoms with Crippen molar-refractivity contribution in [3.8, 4) is 0 Å². The SMILES string of the molecule is COCC(C)N(C)S(=O)(=O)N1CCC(CO)CC1. The predicted molar refractivity (Wildman–Crippen MR) is 69.4 cm³/mol. The highest BCUT2D eigenvalue weighted by molar-refractivity contribution is 7.86. The lowest BCUT2D eigenvalue weighted by Crippen LogP contribution is -2.49. The first kappa shape index (κ1) is 15.8. The van der Waals surface area contributed by atoms with Gasteiger partial charge in [-0.3, -0.25) is 0 Å². The van der Waals surface area contributed by atoms with Crippen molar-refractivity contribution in [1.82, 2.24) is 8.61 Å². The van der Waals surface area contributed by atoms with Gasteiger partial charge in [-0.1, -0.05) is 0 Å². The Morgan fingerprint density at radius 3 is 2.44 bits per heavy atom. The molecule has 1 rings (SSSR count). The van der Waals surface area contributed by atoms with Crippen molar-refractivity contribution >= 4 is 10.2 Å². The lowest BCUT2D eigenvalue weighted by atomic mass is 10.00. The number of ether oxygens (including phenoxy) is 1. The molecule has 0 bridgehead atoms. The Morgan fingerprint density at radius 2 is 2.00 bits per heavy atom. The number of likely N-dealkylation sites (N-methyl/N-ethyl adjacent to an activating group) is 1. The summed E-state index contributed by atoms with van der Waals surface area (Å²) in [5.74, 6) is 0.234. The molecule has 1 N–H and O–H groups in total. The zero-order valence-corrected chi connectivity index (χ0v) is 12.2. The minimum Gasteiger partial charge on any atom is -0.396 e. The zero-order valence-electron chi connectivity index (χ0n) is 11.4. The van der Waals surface area contributed by atoms with E-state index < -0.39 is 10.2 Å². The van der Waals surface area contributed by atoms with E-state index in [9.17, 15) is 8.42 Å². The number of aliphatic hydroxyl groups excluding tert-OH is 1. The van der Waals surface area contributed by atoms with Crippen molar-refractivity contribution in [2.24, 2.45) is 5.92 Å². The summed E-state index contributed by atoms with van der Waals surface area (Å²) in [4.78, 5) is 0. The molecule has 6 nitrogen and oxygen atoms in total. The molecule has 1 fully saturated rings. The largest absolute Gasteiger partial charge is 0.396 e. The van der Waals surface area contributed by atoms with Crippen LogP contribution in [0.25, 0.3) is 0 Å². The lowest BCUT2D eigenvalue weighted by Gasteiger charge is -2.35. The summed E-state index contributed by atoms with van der Waals surface area (Å²) < 4.78 is 32.5. The number of piperidine rings is 1. The van der Waals surface area contributed by atoms with Gasteiger partial charge in [0, 0.05) is 39.9 Å². The van der Waals surface area contributed by atoms with E-state index in [-0.39, 0.29) is 18.6 Å². The van der Waals surface area contributed by atoms with Crippen LogP contribution in [0.3, 0.4) is 0 Å². The van der Waals surface area contributed by atoms with Gasteiger partial charge >= 0.3 is 0 Å². The minimum atomic E-state index is -3.41. The van der Waals surface area contributed by atoms with Crippen LogP contribution in [0.5, 0.6) is 0 Å². The van der Waals surface area contributed by atoms with Crippen molar-refractivity contribution in [1.29, 1.82) is 0 Å². The van der Waals surface area contributed by atoms with Crippen LogP contribution in [0.1, 0.15) is 19.8 Å². The highest BCUT2D eigenvalue weighted by Gasteiger charge is 2.32. The highest BCUT2D eigenvalue weighted by Crippen LogP contribution is 2.21. The monoisotopic (exact) mass is 280 g/mol. The number of hydrogen-bond donors (Lipinski definition) is 1. The van der Waals surface area contributed by atoms with Gasteiger partial charge in [0.2, 0.25) is 0 Å². The first-order valence-electron chi connectivity index (χ1n) is 6.26. The van der Waals surface area contributed by atoms with Gasteiger partial charge in [-0.05, 0) is 25.7 Å². The number of aliphatic hydroxyl groups is 1. The number of methoxy groups -OCH3 is 1. The molecule has 0 aromatic heterocycles. The van der Waals surface area contributed by atoms with Crippen LogP contribution >= 0.6 is 0 Å². The van der Waals surface area contributed by atoms with Crippen LogP contribution in [0.15, 0.2) is 0 Å².